The molecule has 4 heterocycles. The number of halogens is 1. The highest BCUT2D eigenvalue weighted by Crippen LogP contribution is 2.41. The minimum Gasteiger partial charge on any atom is -0.493 e. The fourth-order valence-electron chi connectivity index (χ4n) is 6.67. The normalized spacial score (nSPS) is 17.5. The van der Waals surface area contributed by atoms with Gasteiger partial charge in [0.1, 0.15) is 11.4 Å². The molecule has 48 heavy (non-hydrogen) atoms. The third kappa shape index (κ3) is 6.25. The van der Waals surface area contributed by atoms with Crippen LogP contribution < -0.4 is 10.6 Å². The summed E-state index contributed by atoms with van der Waals surface area (Å²) in [6, 6.07) is 18.6. The Balaban J connectivity index is 1.34. The maximum Gasteiger partial charge on any atom is 0.352 e. The number of aromatic carboxylic acids is 1. The monoisotopic (exact) mass is 697 g/mol. The number of nitrogens with zero attached hydrogens (tertiary/aromatic N) is 4. The van der Waals surface area contributed by atoms with Gasteiger partial charge in [0, 0.05) is 58.7 Å². The maximum absolute atomic E-state index is 12.8. The molecule has 2 aliphatic rings. The molecule has 2 aromatic heterocycles. The van der Waals surface area contributed by atoms with Gasteiger partial charge in [-0.05, 0) is 78.0 Å². The minimum atomic E-state index is -0.975. The summed E-state index contributed by atoms with van der Waals surface area (Å²) in [5, 5.41) is 20.5. The van der Waals surface area contributed by atoms with Crippen LogP contribution in [-0.4, -0.2) is 42.8 Å². The zero-order valence-electron chi connectivity index (χ0n) is 26.8. The number of thioether (sulfide) groups is 2. The number of hydrogen-bond donors (Lipinski definition) is 2. The molecular formula is C37H36ClN5O3S2. The van der Waals surface area contributed by atoms with Crippen molar-refractivity contribution in [1.29, 1.82) is 0 Å². The number of aromatic nitrogens is 3. The fourth-order valence-corrected chi connectivity index (χ4v) is 8.77. The molecule has 0 saturated heterocycles. The molecule has 3 N–H and O–H groups in total. The summed E-state index contributed by atoms with van der Waals surface area (Å²) in [4.78, 5) is 13.9. The molecular weight excluding hydrogens is 662 g/mol. The van der Waals surface area contributed by atoms with Crippen LogP contribution in [0.2, 0.25) is 5.02 Å². The molecule has 0 atom stereocenters. The Hall–Kier alpha value is -4.09. The highest BCUT2D eigenvalue weighted by Gasteiger charge is 2.26. The van der Waals surface area contributed by atoms with Gasteiger partial charge in [-0.2, -0.15) is 16.9 Å². The summed E-state index contributed by atoms with van der Waals surface area (Å²) in [6.07, 6.45) is 9.47. The third-order valence-electron chi connectivity index (χ3n) is 8.90. The molecule has 246 valence electrons. The molecule has 5 aromatic rings. The summed E-state index contributed by atoms with van der Waals surface area (Å²) < 4.78 is 10.2. The Bertz CT molecular complexity index is 2150. The zero-order valence-corrected chi connectivity index (χ0v) is 29.2. The number of rotatable bonds is 1. The number of aryl methyl sites for hydroxylation is 3. The number of carboxylic acid groups (broad SMARTS) is 1. The van der Waals surface area contributed by atoms with E-state index < -0.39 is 5.97 Å². The Morgan fingerprint density at radius 2 is 1.90 bits per heavy atom. The predicted molar refractivity (Wildman–Crippen MR) is 197 cm³/mol. The first-order valence-corrected chi connectivity index (χ1v) is 18.3. The topological polar surface area (TPSA) is 98.5 Å². The summed E-state index contributed by atoms with van der Waals surface area (Å²) in [5.41, 5.74) is 6.59. The lowest BCUT2D eigenvalue weighted by Gasteiger charge is -2.24. The Morgan fingerprint density at radius 1 is 1.04 bits per heavy atom. The molecule has 0 aliphatic carbocycles. The van der Waals surface area contributed by atoms with E-state index in [-0.39, 0.29) is 5.69 Å². The molecule has 0 saturated carbocycles. The van der Waals surface area contributed by atoms with Crippen LogP contribution in [0.1, 0.15) is 45.8 Å². The van der Waals surface area contributed by atoms with Crippen LogP contribution >= 0.6 is 35.1 Å². The number of allylic oxidation sites excluding steroid dienone is 4. The van der Waals surface area contributed by atoms with Crippen LogP contribution in [0.15, 0.2) is 89.6 Å². The molecule has 0 spiro atoms. The van der Waals surface area contributed by atoms with Gasteiger partial charge in [-0.25, -0.2) is 10.6 Å². The van der Waals surface area contributed by atoms with Gasteiger partial charge in [0.25, 0.3) is 0 Å². The van der Waals surface area contributed by atoms with E-state index in [0.29, 0.717) is 30.9 Å². The van der Waals surface area contributed by atoms with Crippen LogP contribution in [0, 0.1) is 0 Å². The maximum atomic E-state index is 12.8. The van der Waals surface area contributed by atoms with E-state index in [1.165, 1.54) is 0 Å². The molecule has 8 nitrogen and oxygen atoms in total. The highest BCUT2D eigenvalue weighted by atomic mass is 35.5. The van der Waals surface area contributed by atoms with E-state index in [0.717, 1.165) is 83.4 Å². The van der Waals surface area contributed by atoms with Gasteiger partial charge in [-0.1, -0.05) is 48.0 Å². The van der Waals surface area contributed by atoms with Gasteiger partial charge in [0.05, 0.1) is 28.5 Å². The van der Waals surface area contributed by atoms with Gasteiger partial charge >= 0.3 is 5.97 Å². The molecule has 2 aliphatic heterocycles. The second kappa shape index (κ2) is 13.8. The van der Waals surface area contributed by atoms with Crippen molar-refractivity contribution in [2.24, 2.45) is 19.9 Å². The number of hydrogen-bond acceptors (Lipinski definition) is 7. The third-order valence-corrected chi connectivity index (χ3v) is 11.2. The molecule has 3 aromatic carbocycles. The van der Waals surface area contributed by atoms with Gasteiger partial charge in [-0.3, -0.25) is 9.69 Å². The van der Waals surface area contributed by atoms with Crippen LogP contribution in [0.4, 0.5) is 0 Å². The Labute approximate surface area is 292 Å². The largest absolute Gasteiger partial charge is 0.493 e. The quantitative estimate of drug-likeness (QED) is 0.169. The standard InChI is InChI=1S/C37H36ClN5O3S2/c1-41-35-29-12-13-31(38)34(35)30(32-11-5-6-15-43(32)39)14-17-47-21-24-19-25(42(2)40-24)22-48-26-18-23-8-3-4-9-27(23)33(20-26)46-16-7-10-28(29)36(41)37(44)45/h3-6,8-9,11-13,15,18-20H,7,10,14,16-17,21-22,39H2,1-2H3,(H,44,45)/b32-30+. The van der Waals surface area contributed by atoms with Crippen molar-refractivity contribution in [3.63, 3.8) is 0 Å². The van der Waals surface area contributed by atoms with Crippen molar-refractivity contribution in [3.05, 3.63) is 118 Å². The number of ether oxygens (including phenoxy) is 1. The number of nitrogens with two attached hydrogens (primary N) is 1. The fraction of sp³-hybridized carbons (Fsp3) is 0.243. The predicted octanol–water partition coefficient (Wildman–Crippen LogP) is 8.33. The van der Waals surface area contributed by atoms with E-state index in [4.69, 9.17) is 27.3 Å². The number of carboxylic acids is 1. The number of carbonyl (C=O) groups is 1. The van der Waals surface area contributed by atoms with Gasteiger partial charge < -0.3 is 14.4 Å². The number of benzene rings is 3. The van der Waals surface area contributed by atoms with Crippen LogP contribution in [0.3, 0.4) is 0 Å². The first kappa shape index (κ1) is 32.5. The first-order valence-electron chi connectivity index (χ1n) is 15.8. The summed E-state index contributed by atoms with van der Waals surface area (Å²) >= 11 is 10.6. The van der Waals surface area contributed by atoms with Gasteiger partial charge in [-0.15, -0.1) is 11.8 Å². The Morgan fingerprint density at radius 3 is 2.73 bits per heavy atom. The summed E-state index contributed by atoms with van der Waals surface area (Å²) in [5.74, 6) is 8.67. The molecule has 7 rings (SSSR count). The molecule has 0 fully saturated rings. The lowest BCUT2D eigenvalue weighted by atomic mass is 9.96. The van der Waals surface area contributed by atoms with Crippen molar-refractivity contribution >= 4 is 68.3 Å². The van der Waals surface area contributed by atoms with Gasteiger partial charge in [0.2, 0.25) is 0 Å². The van der Waals surface area contributed by atoms with Crippen LogP contribution in [0.5, 0.6) is 5.75 Å². The van der Waals surface area contributed by atoms with Crippen molar-refractivity contribution in [3.8, 4) is 5.75 Å². The van der Waals surface area contributed by atoms with Crippen LogP contribution in [-0.2, 0) is 32.0 Å². The smallest absolute Gasteiger partial charge is 0.352 e. The molecule has 11 heteroatoms. The van der Waals surface area contributed by atoms with E-state index in [1.807, 2.05) is 67.5 Å². The molecule has 0 amide bonds. The van der Waals surface area contributed by atoms with E-state index in [2.05, 4.69) is 30.3 Å². The van der Waals surface area contributed by atoms with Crippen molar-refractivity contribution < 1.29 is 14.6 Å². The Kier molecular flexibility index (Phi) is 9.33. The van der Waals surface area contributed by atoms with Crippen LogP contribution in [0.25, 0.3) is 27.2 Å². The van der Waals surface area contributed by atoms with E-state index in [1.54, 1.807) is 33.1 Å². The lowest BCUT2D eigenvalue weighted by molar-refractivity contribution is 0.0685. The SMILES string of the molecule is Cn1nc2cc1CSc1cc(c3ccccc3c1)OCCCc1c(C(=O)O)n(C)c3c(c(Cl)ccc13)/C(=C1\C=CC=CN1N)CCSC2. The zero-order chi connectivity index (χ0) is 33.4. The van der Waals surface area contributed by atoms with Crippen molar-refractivity contribution in [2.45, 2.75) is 35.7 Å². The summed E-state index contributed by atoms with van der Waals surface area (Å²) in [6.45, 7) is 0.435. The van der Waals surface area contributed by atoms with Crippen molar-refractivity contribution in [1.82, 2.24) is 19.4 Å². The highest BCUT2D eigenvalue weighted by molar-refractivity contribution is 7.98. The summed E-state index contributed by atoms with van der Waals surface area (Å²) in [7, 11) is 3.81. The first-order chi connectivity index (χ1) is 23.3. The second-order valence-corrected chi connectivity index (χ2v) is 14.5. The van der Waals surface area contributed by atoms with Gasteiger partial charge in [0.15, 0.2) is 0 Å². The molecule has 0 radical (unpaired) electrons. The van der Waals surface area contributed by atoms with E-state index in [9.17, 15) is 9.90 Å². The molecule has 0 unspecified atom stereocenters. The molecule has 8 bridgehead atoms. The second-order valence-electron chi connectivity index (χ2n) is 11.9. The minimum absolute atomic E-state index is 0.257. The van der Waals surface area contributed by atoms with Crippen molar-refractivity contribution in [2.75, 3.05) is 12.4 Å². The number of fused-ring (bicyclic) bond motifs is 6. The average Bonchev–Trinajstić information content (AvgIpc) is 3.57. The lowest BCUT2D eigenvalue weighted by Crippen LogP contribution is -2.25. The van der Waals surface area contributed by atoms with E-state index >= 15 is 0 Å². The number of hydrazine groups is 1. The average molecular weight is 698 g/mol.